The van der Waals surface area contributed by atoms with Crippen LogP contribution in [0.3, 0.4) is 0 Å². The highest BCUT2D eigenvalue weighted by Crippen LogP contribution is 2.40. The molecule has 4 aromatic rings. The number of ether oxygens (including phenoxy) is 2. The zero-order valence-corrected chi connectivity index (χ0v) is 29.1. The van der Waals surface area contributed by atoms with Crippen LogP contribution < -0.4 is 10.8 Å². The van der Waals surface area contributed by atoms with Crippen LogP contribution in [0.2, 0.25) is 0 Å². The van der Waals surface area contributed by atoms with E-state index < -0.39 is 18.2 Å². The van der Waals surface area contributed by atoms with Crippen LogP contribution in [-0.2, 0) is 32.2 Å². The van der Waals surface area contributed by atoms with E-state index in [9.17, 15) is 24.6 Å². The smallest absolute Gasteiger partial charge is 0.336 e. The summed E-state index contributed by atoms with van der Waals surface area (Å²) in [6.07, 6.45) is 3.24. The molecule has 3 atom stereocenters. The van der Waals surface area contributed by atoms with Gasteiger partial charge in [0.2, 0.25) is 11.8 Å². The van der Waals surface area contributed by atoms with Gasteiger partial charge in [-0.05, 0) is 58.9 Å². The lowest BCUT2D eigenvalue weighted by atomic mass is 9.99. The van der Waals surface area contributed by atoms with E-state index in [2.05, 4.69) is 11.4 Å². The Kier molecular flexibility index (Phi) is 14.2. The summed E-state index contributed by atoms with van der Waals surface area (Å²) >= 11 is 1.46. The Bertz CT molecular complexity index is 1750. The second-order valence-corrected chi connectivity index (χ2v) is 13.6. The highest BCUT2D eigenvalue weighted by atomic mass is 32.2. The van der Waals surface area contributed by atoms with Gasteiger partial charge in [0.15, 0.2) is 6.29 Å². The molecule has 4 aromatic carbocycles. The third kappa shape index (κ3) is 11.2. The van der Waals surface area contributed by atoms with E-state index >= 15 is 0 Å². The topological polar surface area (TPSA) is 154 Å². The van der Waals surface area contributed by atoms with Gasteiger partial charge in [0.1, 0.15) is 0 Å². The Hall–Kier alpha value is -4.52. The van der Waals surface area contributed by atoms with Crippen molar-refractivity contribution in [3.05, 3.63) is 125 Å². The van der Waals surface area contributed by atoms with Crippen LogP contribution in [0, 0.1) is 0 Å². The number of rotatable bonds is 17. The first-order valence-electron chi connectivity index (χ1n) is 17.2. The number of carboxylic acid groups (broad SMARTS) is 1. The largest absolute Gasteiger partial charge is 0.478 e. The second-order valence-electron chi connectivity index (χ2n) is 12.5. The number of hydroxylamine groups is 1. The van der Waals surface area contributed by atoms with Gasteiger partial charge in [0.05, 0.1) is 24.4 Å². The first-order valence-corrected chi connectivity index (χ1v) is 18.2. The molecule has 5 N–H and O–H groups in total. The maximum Gasteiger partial charge on any atom is 0.336 e. The fourth-order valence-electron chi connectivity index (χ4n) is 5.94. The van der Waals surface area contributed by atoms with E-state index in [-0.39, 0.29) is 36.7 Å². The van der Waals surface area contributed by atoms with Crippen LogP contribution in [0.4, 0.5) is 0 Å². The lowest BCUT2D eigenvalue weighted by Gasteiger charge is -2.36. The quantitative estimate of drug-likeness (QED) is 0.0327. The number of amides is 2. The number of nitrogens with one attached hydrogen (secondary N) is 2. The molecule has 11 heteroatoms. The molecule has 0 aliphatic carbocycles. The van der Waals surface area contributed by atoms with E-state index in [1.807, 2.05) is 78.9 Å². The summed E-state index contributed by atoms with van der Waals surface area (Å²) in [5, 5.41) is 30.7. The van der Waals surface area contributed by atoms with Gasteiger partial charge >= 0.3 is 5.97 Å². The average Bonchev–Trinajstić information content (AvgIpc) is 3.17. The predicted octanol–water partition coefficient (Wildman–Crippen LogP) is 7.34. The Morgan fingerprint density at radius 2 is 1.45 bits per heavy atom. The number of aliphatic hydroxyl groups excluding tert-OH is 1. The van der Waals surface area contributed by atoms with Gasteiger partial charge in [-0.2, -0.15) is 0 Å². The third-order valence-electron chi connectivity index (χ3n) is 8.77. The number of aliphatic hydroxyl groups is 1. The number of hydrogen-bond acceptors (Lipinski definition) is 8. The van der Waals surface area contributed by atoms with Crippen molar-refractivity contribution < 1.29 is 39.3 Å². The zero-order valence-electron chi connectivity index (χ0n) is 28.3. The molecule has 10 nitrogen and oxygen atoms in total. The van der Waals surface area contributed by atoms with Crippen LogP contribution in [0.1, 0.15) is 90.0 Å². The summed E-state index contributed by atoms with van der Waals surface area (Å²) in [7, 11) is 0. The number of thioether (sulfide) groups is 1. The summed E-state index contributed by atoms with van der Waals surface area (Å²) in [6, 6.07) is 30.7. The van der Waals surface area contributed by atoms with Crippen molar-refractivity contribution in [2.45, 2.75) is 81.5 Å². The highest BCUT2D eigenvalue weighted by molar-refractivity contribution is 7.99. The first-order chi connectivity index (χ1) is 24.8. The van der Waals surface area contributed by atoms with Gasteiger partial charge in [-0.25, -0.2) is 10.3 Å². The molecular weight excluding hydrogens is 669 g/mol. The molecule has 0 spiro atoms. The van der Waals surface area contributed by atoms with Gasteiger partial charge in [0.25, 0.3) is 0 Å². The summed E-state index contributed by atoms with van der Waals surface area (Å²) in [5.41, 5.74) is 7.55. The number of hydrogen-bond donors (Lipinski definition) is 5. The lowest BCUT2D eigenvalue weighted by molar-refractivity contribution is -0.245. The first kappa shape index (κ1) is 37.7. The molecule has 1 aliphatic rings. The monoisotopic (exact) mass is 712 g/mol. The highest BCUT2D eigenvalue weighted by Gasteiger charge is 2.32. The Morgan fingerprint density at radius 3 is 2.16 bits per heavy atom. The third-order valence-corrected chi connectivity index (χ3v) is 9.98. The van der Waals surface area contributed by atoms with Crippen molar-refractivity contribution in [3.8, 4) is 11.1 Å². The van der Waals surface area contributed by atoms with Crippen LogP contribution in [-0.4, -0.2) is 45.1 Å². The van der Waals surface area contributed by atoms with Crippen LogP contribution in [0.5, 0.6) is 0 Å². The molecule has 0 unspecified atom stereocenters. The molecule has 1 saturated heterocycles. The zero-order chi connectivity index (χ0) is 36.0. The van der Waals surface area contributed by atoms with Gasteiger partial charge in [-0.3, -0.25) is 14.8 Å². The van der Waals surface area contributed by atoms with Crippen LogP contribution >= 0.6 is 11.8 Å². The van der Waals surface area contributed by atoms with Crippen LogP contribution in [0.15, 0.2) is 102 Å². The normalized spacial score (nSPS) is 17.1. The summed E-state index contributed by atoms with van der Waals surface area (Å²) in [5.74, 6) is -0.830. The van der Waals surface area contributed by atoms with Crippen molar-refractivity contribution in [3.63, 3.8) is 0 Å². The van der Waals surface area contributed by atoms with Gasteiger partial charge < -0.3 is 25.0 Å². The van der Waals surface area contributed by atoms with Crippen molar-refractivity contribution >= 4 is 29.5 Å². The molecule has 1 fully saturated rings. The molecule has 0 bridgehead atoms. The minimum absolute atomic E-state index is 0.0178. The van der Waals surface area contributed by atoms with Gasteiger partial charge in [0, 0.05) is 42.0 Å². The molecule has 5 rings (SSSR count). The van der Waals surface area contributed by atoms with E-state index in [1.165, 1.54) is 11.8 Å². The van der Waals surface area contributed by atoms with Crippen molar-refractivity contribution in [1.82, 2.24) is 10.8 Å². The fourth-order valence-corrected chi connectivity index (χ4v) is 7.00. The average molecular weight is 713 g/mol. The minimum atomic E-state index is -0.964. The predicted molar refractivity (Wildman–Crippen MR) is 194 cm³/mol. The molecular formula is C40H44N2O8S. The van der Waals surface area contributed by atoms with Crippen molar-refractivity contribution in [1.29, 1.82) is 0 Å². The number of carbonyl (C=O) groups is 3. The molecule has 1 heterocycles. The molecule has 1 aliphatic heterocycles. The summed E-state index contributed by atoms with van der Waals surface area (Å²) in [4.78, 5) is 35.9. The molecule has 51 heavy (non-hydrogen) atoms. The van der Waals surface area contributed by atoms with Gasteiger partial charge in [-0.15, -0.1) is 11.8 Å². The Labute approximate surface area is 302 Å². The van der Waals surface area contributed by atoms with Crippen molar-refractivity contribution in [2.75, 3.05) is 5.75 Å². The van der Waals surface area contributed by atoms with E-state index in [4.69, 9.17) is 14.7 Å². The fraction of sp³-hybridized carbons (Fsp3) is 0.325. The number of carboxylic acids is 1. The summed E-state index contributed by atoms with van der Waals surface area (Å²) in [6.45, 7) is 0.379. The van der Waals surface area contributed by atoms with E-state index in [1.54, 1.807) is 17.6 Å². The Balaban J connectivity index is 1.20. The molecule has 0 aromatic heterocycles. The number of aromatic carboxylic acids is 1. The van der Waals surface area contributed by atoms with Crippen LogP contribution in [0.25, 0.3) is 11.1 Å². The minimum Gasteiger partial charge on any atom is -0.478 e. The second kappa shape index (κ2) is 19.2. The number of benzene rings is 4. The van der Waals surface area contributed by atoms with E-state index in [0.717, 1.165) is 52.6 Å². The molecule has 2 amide bonds. The Morgan fingerprint density at radius 1 is 0.745 bits per heavy atom. The standard InChI is InChI=1S/C40H44N2O8S/c43-25-27-14-16-30(17-15-27)35-23-33(26-51-36-11-6-5-10-34(36)39(46)47)49-40(50-35)31-20-18-29(19-21-31)32-9-7-8-28(22-32)24-41-37(44)12-3-1-2-4-13-38(45)42-48/h5-11,14-22,33,35,40,43,48H,1-4,12-13,23-26H2,(H,41,44)(H,42,45)(H,46,47)/t33-,35+,40+/m0/s1. The van der Waals surface area contributed by atoms with Gasteiger partial charge in [-0.1, -0.05) is 91.7 Å². The number of unbranched alkanes of at least 4 members (excludes halogenated alkanes) is 3. The molecule has 0 radical (unpaired) electrons. The SMILES string of the molecule is O=C(CCCCCCC(=O)NCc1cccc(-c2ccc([C@@H]3O[C@H](CSc4ccccc4C(=O)O)C[C@H](c4ccc(CO)cc4)O3)cc2)c1)NO. The maximum atomic E-state index is 12.4. The lowest BCUT2D eigenvalue weighted by Crippen LogP contribution is -2.31. The summed E-state index contributed by atoms with van der Waals surface area (Å²) < 4.78 is 13.0. The molecule has 0 saturated carbocycles. The molecule has 268 valence electrons. The number of carbonyl (C=O) groups excluding carboxylic acids is 2. The van der Waals surface area contributed by atoms with Crippen molar-refractivity contribution in [2.24, 2.45) is 0 Å². The van der Waals surface area contributed by atoms with E-state index in [0.29, 0.717) is 36.5 Å². The maximum absolute atomic E-state index is 12.4.